The van der Waals surface area contributed by atoms with E-state index in [4.69, 9.17) is 11.6 Å². The molecule has 1 aromatic rings. The van der Waals surface area contributed by atoms with Crippen LogP contribution in [0.1, 0.15) is 64.9 Å². The molecule has 0 N–H and O–H groups in total. The van der Waals surface area contributed by atoms with Crippen LogP contribution in [0.4, 0.5) is 14.5 Å². The Hall–Kier alpha value is -2.27. The molecule has 1 amide bonds. The number of hydrogen-bond donors (Lipinski definition) is 0. The minimum atomic E-state index is -2.75. The van der Waals surface area contributed by atoms with Gasteiger partial charge in [-0.15, -0.1) is 0 Å². The van der Waals surface area contributed by atoms with Gasteiger partial charge in [0.05, 0.1) is 10.7 Å². The number of allylic oxidation sites excluding steroid dienone is 6. The summed E-state index contributed by atoms with van der Waals surface area (Å²) in [6, 6.07) is 6.03. The molecule has 1 atom stereocenters. The Morgan fingerprint density at radius 2 is 1.88 bits per heavy atom. The molecule has 0 aromatic heterocycles. The molecule has 220 valence electrons. The Bertz CT molecular complexity index is 1120. The number of rotatable bonds is 16. The van der Waals surface area contributed by atoms with E-state index in [0.29, 0.717) is 31.0 Å². The quantitative estimate of drug-likeness (QED) is 0.142. The smallest absolute Gasteiger partial charge is 0.265 e. The van der Waals surface area contributed by atoms with Gasteiger partial charge in [-0.2, -0.15) is 0 Å². The van der Waals surface area contributed by atoms with E-state index in [1.165, 1.54) is 0 Å². The van der Waals surface area contributed by atoms with E-state index in [2.05, 4.69) is 36.4 Å². The number of benzene rings is 1. The van der Waals surface area contributed by atoms with Crippen molar-refractivity contribution in [2.75, 3.05) is 31.1 Å². The number of anilines is 1. The first kappa shape index (κ1) is 33.9. The van der Waals surface area contributed by atoms with Crippen LogP contribution in [0.2, 0.25) is 5.02 Å². The van der Waals surface area contributed by atoms with Gasteiger partial charge < -0.3 is 4.90 Å². The number of carbonyl (C=O) groups excluding carboxylic acids is 1. The van der Waals surface area contributed by atoms with Crippen molar-refractivity contribution in [2.24, 2.45) is 0 Å². The molecule has 0 spiro atoms. The SMILES string of the molecule is C=C/C=C(\C=C/CCN(C1=C(CC)C(=O)N(N(CC)CCC)CC1)c1ccc(C)cc1Cl)/C=C/CCC(F)(F)P. The van der Waals surface area contributed by atoms with E-state index in [9.17, 15) is 13.6 Å². The Balaban J connectivity index is 2.33. The fourth-order valence-corrected chi connectivity index (χ4v) is 5.33. The number of hydrogen-bond acceptors (Lipinski definition) is 3. The molecule has 0 aliphatic carbocycles. The van der Waals surface area contributed by atoms with E-state index < -0.39 is 5.66 Å². The predicted molar refractivity (Wildman–Crippen MR) is 170 cm³/mol. The lowest BCUT2D eigenvalue weighted by molar-refractivity contribution is -0.145. The molecule has 0 saturated heterocycles. The van der Waals surface area contributed by atoms with E-state index in [0.717, 1.165) is 54.0 Å². The summed E-state index contributed by atoms with van der Waals surface area (Å²) in [5.41, 5.74) is 1.95. The highest BCUT2D eigenvalue weighted by Crippen LogP contribution is 2.35. The Labute approximate surface area is 247 Å². The van der Waals surface area contributed by atoms with Gasteiger partial charge in [-0.3, -0.25) is 9.80 Å². The van der Waals surface area contributed by atoms with Crippen LogP contribution in [0, 0.1) is 6.92 Å². The van der Waals surface area contributed by atoms with E-state index in [-0.39, 0.29) is 18.7 Å². The Morgan fingerprint density at radius 3 is 2.45 bits per heavy atom. The molecule has 1 aliphatic heterocycles. The normalized spacial score (nSPS) is 15.3. The van der Waals surface area contributed by atoms with Crippen LogP contribution in [0.3, 0.4) is 0 Å². The first-order chi connectivity index (χ1) is 19.1. The fourth-order valence-electron chi connectivity index (χ4n) is 4.83. The lowest BCUT2D eigenvalue weighted by Gasteiger charge is -2.41. The zero-order valence-corrected chi connectivity index (χ0v) is 26.3. The van der Waals surface area contributed by atoms with Crippen molar-refractivity contribution in [2.45, 2.75) is 71.9 Å². The predicted octanol–water partition coefficient (Wildman–Crippen LogP) is 8.86. The van der Waals surface area contributed by atoms with Gasteiger partial charge in [-0.05, 0) is 55.9 Å². The third-order valence-electron chi connectivity index (χ3n) is 6.76. The second kappa shape index (κ2) is 16.9. The molecule has 40 heavy (non-hydrogen) atoms. The molecule has 8 heteroatoms. The highest BCUT2D eigenvalue weighted by Gasteiger charge is 2.32. The molecule has 1 aliphatic rings. The summed E-state index contributed by atoms with van der Waals surface area (Å²) in [4.78, 5) is 15.9. The van der Waals surface area contributed by atoms with Crippen LogP contribution in [0.5, 0.6) is 0 Å². The third-order valence-corrected chi connectivity index (χ3v) is 7.35. The molecular weight excluding hydrogens is 547 g/mol. The second-order valence-electron chi connectivity index (χ2n) is 9.91. The van der Waals surface area contributed by atoms with Gasteiger partial charge in [0.25, 0.3) is 11.6 Å². The first-order valence-electron chi connectivity index (χ1n) is 14.2. The molecule has 2 rings (SSSR count). The summed E-state index contributed by atoms with van der Waals surface area (Å²) < 4.78 is 26.2. The van der Waals surface area contributed by atoms with Crippen LogP contribution in [-0.4, -0.2) is 47.8 Å². The number of carbonyl (C=O) groups is 1. The van der Waals surface area contributed by atoms with Crippen molar-refractivity contribution < 1.29 is 13.6 Å². The van der Waals surface area contributed by atoms with Gasteiger partial charge in [-0.1, -0.05) is 90.7 Å². The summed E-state index contributed by atoms with van der Waals surface area (Å²) in [6.07, 6.45) is 14.3. The molecule has 1 aromatic carbocycles. The molecule has 4 nitrogen and oxygen atoms in total. The van der Waals surface area contributed by atoms with Crippen LogP contribution in [0.25, 0.3) is 0 Å². The van der Waals surface area contributed by atoms with Crippen LogP contribution >= 0.6 is 20.8 Å². The van der Waals surface area contributed by atoms with Crippen molar-refractivity contribution >= 4 is 32.4 Å². The van der Waals surface area contributed by atoms with Crippen LogP contribution < -0.4 is 4.90 Å². The standard InChI is InChI=1S/C32H45ClF2N3OP/c1-6-14-26(15-10-12-20-32(34,35)40)16-11-13-22-37(30-18-17-25(5)24-28(30)33)29-19-23-38(31(39)27(29)8-3)36(9-4)21-7-2/h6,10-11,14-18,24H,1,7-9,12-13,19-23,40H2,2-5H3/b15-10+,16-11-,26-14-. The molecular formula is C32H45ClF2N3OP. The zero-order chi connectivity index (χ0) is 29.7. The minimum Gasteiger partial charge on any atom is -0.343 e. The maximum absolute atomic E-state index is 13.7. The highest BCUT2D eigenvalue weighted by molar-refractivity contribution is 7.18. The molecule has 0 fully saturated rings. The Morgan fingerprint density at radius 1 is 1.18 bits per heavy atom. The maximum atomic E-state index is 13.7. The summed E-state index contributed by atoms with van der Waals surface area (Å²) in [5.74, 6) is 0.0697. The van der Waals surface area contributed by atoms with Crippen molar-refractivity contribution in [1.29, 1.82) is 0 Å². The number of aryl methyl sites for hydroxylation is 1. The first-order valence-corrected chi connectivity index (χ1v) is 15.2. The van der Waals surface area contributed by atoms with Crippen molar-refractivity contribution in [3.8, 4) is 0 Å². The van der Waals surface area contributed by atoms with Gasteiger partial charge in [0.1, 0.15) is 0 Å². The van der Waals surface area contributed by atoms with Crippen LogP contribution in [0.15, 0.2) is 78.1 Å². The van der Waals surface area contributed by atoms with Gasteiger partial charge in [0.15, 0.2) is 0 Å². The van der Waals surface area contributed by atoms with E-state index in [1.54, 1.807) is 21.4 Å². The maximum Gasteiger partial charge on any atom is 0.265 e. The number of hydrazine groups is 1. The topological polar surface area (TPSA) is 26.8 Å². The number of halogens is 3. The molecule has 0 saturated carbocycles. The average molecular weight is 592 g/mol. The highest BCUT2D eigenvalue weighted by atomic mass is 35.5. The zero-order valence-electron chi connectivity index (χ0n) is 24.4. The molecule has 0 radical (unpaired) electrons. The number of alkyl halides is 2. The van der Waals surface area contributed by atoms with Gasteiger partial charge >= 0.3 is 0 Å². The van der Waals surface area contributed by atoms with Gasteiger partial charge in [0, 0.05) is 50.3 Å². The lowest BCUT2D eigenvalue weighted by atomic mass is 10.0. The number of amides is 1. The number of nitrogens with zero attached hydrogens (tertiary/aromatic N) is 3. The molecule has 0 bridgehead atoms. The van der Waals surface area contributed by atoms with Gasteiger partial charge in [0.2, 0.25) is 0 Å². The summed E-state index contributed by atoms with van der Waals surface area (Å²) >= 11 is 6.75. The Kier molecular flexibility index (Phi) is 14.3. The lowest BCUT2D eigenvalue weighted by Crippen LogP contribution is -2.51. The van der Waals surface area contributed by atoms with Crippen molar-refractivity contribution in [3.05, 3.63) is 88.7 Å². The fraction of sp³-hybridized carbons (Fsp3) is 0.469. The average Bonchev–Trinajstić information content (AvgIpc) is 2.90. The summed E-state index contributed by atoms with van der Waals surface area (Å²) in [7, 11) is 1.58. The van der Waals surface area contributed by atoms with E-state index >= 15 is 0 Å². The van der Waals surface area contributed by atoms with Crippen molar-refractivity contribution in [3.63, 3.8) is 0 Å². The van der Waals surface area contributed by atoms with Gasteiger partial charge in [-0.25, -0.2) is 13.8 Å². The second-order valence-corrected chi connectivity index (χ2v) is 11.2. The minimum absolute atomic E-state index is 0.0697. The van der Waals surface area contributed by atoms with Crippen molar-refractivity contribution in [1.82, 2.24) is 10.0 Å². The largest absolute Gasteiger partial charge is 0.343 e. The molecule has 1 unspecified atom stereocenters. The summed E-state index contributed by atoms with van der Waals surface area (Å²) in [6.45, 7) is 14.9. The van der Waals surface area contributed by atoms with E-state index in [1.807, 2.05) is 55.3 Å². The van der Waals surface area contributed by atoms with Crippen LogP contribution in [-0.2, 0) is 4.79 Å². The summed E-state index contributed by atoms with van der Waals surface area (Å²) in [5, 5.41) is 4.71. The molecule has 1 heterocycles. The third kappa shape index (κ3) is 10.3. The monoisotopic (exact) mass is 591 g/mol.